The molecule has 0 heterocycles. The number of ether oxygens (including phenoxy) is 1. The van der Waals surface area contributed by atoms with Gasteiger partial charge in [0.25, 0.3) is 0 Å². The highest BCUT2D eigenvalue weighted by Gasteiger charge is 2.02. The minimum absolute atomic E-state index is 0.323. The fourth-order valence-corrected chi connectivity index (χ4v) is 1.42. The van der Waals surface area contributed by atoms with Gasteiger partial charge in [0.05, 0.1) is 5.02 Å². The summed E-state index contributed by atoms with van der Waals surface area (Å²) in [4.78, 5) is 10.3. The van der Waals surface area contributed by atoms with Gasteiger partial charge in [-0.3, -0.25) is 0 Å². The lowest BCUT2D eigenvalue weighted by Crippen LogP contribution is -1.96. The Bertz CT molecular complexity index is 469. The van der Waals surface area contributed by atoms with Crippen molar-refractivity contribution in [2.75, 3.05) is 6.61 Å². The van der Waals surface area contributed by atoms with Crippen LogP contribution in [0, 0.1) is 0 Å². The number of benzene rings is 1. The summed E-state index contributed by atoms with van der Waals surface area (Å²) >= 11 is 9.15. The Balaban J connectivity index is 2.79. The van der Waals surface area contributed by atoms with Crippen molar-refractivity contribution in [2.45, 2.75) is 0 Å². The summed E-state index contributed by atoms with van der Waals surface area (Å²) in [6, 6.07) is 5.03. The third kappa shape index (κ3) is 5.06. The summed E-state index contributed by atoms with van der Waals surface area (Å²) in [5.41, 5.74) is 0.697. The molecule has 0 radical (unpaired) electrons. The predicted octanol–water partition coefficient (Wildman–Crippen LogP) is 3.73. The molecule has 0 unspecified atom stereocenters. The molecule has 90 valence electrons. The van der Waals surface area contributed by atoms with Crippen LogP contribution in [0.4, 0.5) is 0 Å². The molecule has 0 spiro atoms. The molecule has 1 aromatic carbocycles. The molecule has 1 N–H and O–H groups in total. The van der Waals surface area contributed by atoms with E-state index in [9.17, 15) is 4.79 Å². The summed E-state index contributed by atoms with van der Waals surface area (Å²) in [5.74, 6) is -0.475. The third-order valence-electron chi connectivity index (χ3n) is 1.76. The monoisotopic (exact) mass is 316 g/mol. The first-order valence-corrected chi connectivity index (χ1v) is 5.83. The predicted molar refractivity (Wildman–Crippen MR) is 71.7 cm³/mol. The summed E-state index contributed by atoms with van der Waals surface area (Å²) in [7, 11) is 0. The third-order valence-corrected chi connectivity index (χ3v) is 2.28. The molecule has 0 aliphatic rings. The lowest BCUT2D eigenvalue weighted by atomic mass is 10.2. The van der Waals surface area contributed by atoms with Crippen LogP contribution in [0.25, 0.3) is 6.08 Å². The number of carboxylic acids is 1. The lowest BCUT2D eigenvalue weighted by Gasteiger charge is -2.07. The van der Waals surface area contributed by atoms with E-state index in [2.05, 4.69) is 22.5 Å². The van der Waals surface area contributed by atoms with E-state index in [1.165, 1.54) is 6.08 Å². The van der Waals surface area contributed by atoms with E-state index in [1.54, 1.807) is 18.2 Å². The molecule has 1 rings (SSSR count). The Hall–Kier alpha value is -1.26. The van der Waals surface area contributed by atoms with Gasteiger partial charge in [-0.2, -0.15) is 0 Å². The van der Waals surface area contributed by atoms with Gasteiger partial charge in [-0.15, -0.1) is 0 Å². The van der Waals surface area contributed by atoms with E-state index in [4.69, 9.17) is 21.4 Å². The van der Waals surface area contributed by atoms with Crippen molar-refractivity contribution in [3.05, 3.63) is 45.9 Å². The molecule has 3 nitrogen and oxygen atoms in total. The molecule has 0 aromatic heterocycles. The normalized spacial score (nSPS) is 10.5. The second-order valence-electron chi connectivity index (χ2n) is 3.17. The molecule has 1 aromatic rings. The van der Waals surface area contributed by atoms with Crippen LogP contribution in [0.15, 0.2) is 35.3 Å². The van der Waals surface area contributed by atoms with Crippen molar-refractivity contribution in [1.82, 2.24) is 0 Å². The number of halogens is 2. The fraction of sp³-hybridized carbons (Fsp3) is 0.0833. The highest BCUT2D eigenvalue weighted by molar-refractivity contribution is 9.11. The van der Waals surface area contributed by atoms with Crippen LogP contribution in [0.3, 0.4) is 0 Å². The zero-order valence-corrected chi connectivity index (χ0v) is 11.2. The highest BCUT2D eigenvalue weighted by Crippen LogP contribution is 2.26. The summed E-state index contributed by atoms with van der Waals surface area (Å²) in [5, 5.41) is 8.91. The maximum Gasteiger partial charge on any atom is 0.328 e. The number of rotatable bonds is 5. The Kier molecular flexibility index (Phi) is 5.25. The highest BCUT2D eigenvalue weighted by atomic mass is 79.9. The maximum absolute atomic E-state index is 10.3. The molecule has 0 bridgehead atoms. The second kappa shape index (κ2) is 6.47. The van der Waals surface area contributed by atoms with Crippen molar-refractivity contribution < 1.29 is 14.6 Å². The molecule has 0 amide bonds. The minimum atomic E-state index is -1.00. The van der Waals surface area contributed by atoms with Gasteiger partial charge >= 0.3 is 5.97 Å². The van der Waals surface area contributed by atoms with Gasteiger partial charge in [-0.05, 0) is 23.8 Å². The molecule has 17 heavy (non-hydrogen) atoms. The number of hydrogen-bond acceptors (Lipinski definition) is 2. The number of carbonyl (C=O) groups is 1. The first-order valence-electron chi connectivity index (χ1n) is 4.65. The zero-order chi connectivity index (χ0) is 12.8. The molecule has 0 saturated heterocycles. The Morgan fingerprint density at radius 3 is 2.82 bits per heavy atom. The van der Waals surface area contributed by atoms with Crippen molar-refractivity contribution in [1.29, 1.82) is 0 Å². The van der Waals surface area contributed by atoms with Crippen molar-refractivity contribution >= 4 is 39.6 Å². The number of aliphatic carboxylic acids is 1. The molecular weight excluding hydrogens is 307 g/mol. The van der Waals surface area contributed by atoms with E-state index in [1.807, 2.05) is 0 Å². The van der Waals surface area contributed by atoms with Gasteiger partial charge in [-0.1, -0.05) is 40.2 Å². The molecular formula is C12H10BrClO3. The summed E-state index contributed by atoms with van der Waals surface area (Å²) in [6.07, 6.45) is 2.51. The lowest BCUT2D eigenvalue weighted by molar-refractivity contribution is -0.131. The van der Waals surface area contributed by atoms with Crippen molar-refractivity contribution in [3.63, 3.8) is 0 Å². The van der Waals surface area contributed by atoms with Crippen LogP contribution in [0.1, 0.15) is 5.56 Å². The van der Waals surface area contributed by atoms with Gasteiger partial charge in [-0.25, -0.2) is 4.79 Å². The minimum Gasteiger partial charge on any atom is -0.487 e. The first-order chi connectivity index (χ1) is 7.99. The smallest absolute Gasteiger partial charge is 0.328 e. The first kappa shape index (κ1) is 13.8. The molecule has 0 fully saturated rings. The second-order valence-corrected chi connectivity index (χ2v) is 4.70. The maximum atomic E-state index is 10.3. The number of carboxylic acid groups (broad SMARTS) is 1. The zero-order valence-electron chi connectivity index (χ0n) is 8.82. The molecule has 0 saturated carbocycles. The van der Waals surface area contributed by atoms with E-state index >= 15 is 0 Å². The van der Waals surface area contributed by atoms with E-state index in [0.717, 1.165) is 6.08 Å². The molecule has 0 atom stereocenters. The van der Waals surface area contributed by atoms with Crippen LogP contribution in [-0.2, 0) is 4.79 Å². The van der Waals surface area contributed by atoms with E-state index < -0.39 is 5.97 Å². The SMILES string of the molecule is C=C(Br)COc1ccc(C=CC(=O)O)cc1Cl. The molecule has 0 aliphatic heterocycles. The van der Waals surface area contributed by atoms with Crippen molar-refractivity contribution in [3.8, 4) is 5.75 Å². The fourth-order valence-electron chi connectivity index (χ4n) is 1.06. The average molecular weight is 318 g/mol. The average Bonchev–Trinajstić information content (AvgIpc) is 2.24. The topological polar surface area (TPSA) is 46.5 Å². The number of hydrogen-bond donors (Lipinski definition) is 1. The largest absolute Gasteiger partial charge is 0.487 e. The Morgan fingerprint density at radius 2 is 2.29 bits per heavy atom. The van der Waals surface area contributed by atoms with Gasteiger partial charge in [0.15, 0.2) is 0 Å². The summed E-state index contributed by atoms with van der Waals surface area (Å²) < 4.78 is 6.07. The summed E-state index contributed by atoms with van der Waals surface area (Å²) in [6.45, 7) is 3.96. The van der Waals surface area contributed by atoms with Crippen LogP contribution < -0.4 is 4.74 Å². The van der Waals surface area contributed by atoms with Gasteiger partial charge in [0.2, 0.25) is 0 Å². The molecule has 0 aliphatic carbocycles. The standard InChI is InChI=1S/C12H10BrClO3/c1-8(13)7-17-11-4-2-9(6-10(11)14)3-5-12(15)16/h2-6H,1,7H2,(H,15,16). The Morgan fingerprint density at radius 1 is 1.59 bits per heavy atom. The van der Waals surface area contributed by atoms with Crippen molar-refractivity contribution in [2.24, 2.45) is 0 Å². The van der Waals surface area contributed by atoms with E-state index in [0.29, 0.717) is 27.4 Å². The van der Waals surface area contributed by atoms with E-state index in [-0.39, 0.29) is 0 Å². The Labute approximate surface area is 112 Å². The van der Waals surface area contributed by atoms with Crippen LogP contribution in [-0.4, -0.2) is 17.7 Å². The van der Waals surface area contributed by atoms with Crippen LogP contribution >= 0.6 is 27.5 Å². The van der Waals surface area contributed by atoms with Gasteiger partial charge < -0.3 is 9.84 Å². The van der Waals surface area contributed by atoms with Crippen LogP contribution in [0.5, 0.6) is 5.75 Å². The van der Waals surface area contributed by atoms with Crippen LogP contribution in [0.2, 0.25) is 5.02 Å². The van der Waals surface area contributed by atoms with Gasteiger partial charge in [0, 0.05) is 10.6 Å². The quantitative estimate of drug-likeness (QED) is 0.842. The van der Waals surface area contributed by atoms with Gasteiger partial charge in [0.1, 0.15) is 12.4 Å². The molecule has 5 heteroatoms.